The molecule has 2 aliphatic rings. The Bertz CT molecular complexity index is 153. The Morgan fingerprint density at radius 2 is 1.53 bits per heavy atom. The van der Waals surface area contributed by atoms with Crippen LogP contribution in [0.3, 0.4) is 0 Å². The summed E-state index contributed by atoms with van der Waals surface area (Å²) in [6.45, 7) is 12.9. The minimum atomic E-state index is 0.906. The molecule has 0 aromatic heterocycles. The van der Waals surface area contributed by atoms with E-state index in [1.54, 1.807) is 0 Å². The standard InChI is InChI=1S/C12H23N.C2H6/c1-10(2)12-5-7-13(8-6-12)9-11-3-4-11;1-2/h10-12H,3-9H2,1-2H3;1-2H3. The van der Waals surface area contributed by atoms with Gasteiger partial charge in [-0.1, -0.05) is 27.7 Å². The zero-order valence-corrected chi connectivity index (χ0v) is 11.1. The van der Waals surface area contributed by atoms with Crippen molar-refractivity contribution in [3.63, 3.8) is 0 Å². The lowest BCUT2D eigenvalue weighted by Gasteiger charge is -2.33. The second-order valence-electron chi connectivity index (χ2n) is 5.33. The molecule has 1 saturated heterocycles. The van der Waals surface area contributed by atoms with Crippen molar-refractivity contribution in [1.29, 1.82) is 0 Å². The average molecular weight is 211 g/mol. The molecule has 1 nitrogen and oxygen atoms in total. The Morgan fingerprint density at radius 1 is 1.00 bits per heavy atom. The monoisotopic (exact) mass is 211 g/mol. The maximum absolute atomic E-state index is 2.69. The highest BCUT2D eigenvalue weighted by molar-refractivity contribution is 4.81. The average Bonchev–Trinajstić information content (AvgIpc) is 3.06. The molecule has 0 spiro atoms. The van der Waals surface area contributed by atoms with Gasteiger partial charge in [0.2, 0.25) is 0 Å². The number of likely N-dealkylation sites (tertiary alicyclic amines) is 1. The van der Waals surface area contributed by atoms with E-state index in [4.69, 9.17) is 0 Å². The van der Waals surface area contributed by atoms with Gasteiger partial charge in [-0.3, -0.25) is 0 Å². The number of nitrogens with zero attached hydrogens (tertiary/aromatic N) is 1. The highest BCUT2D eigenvalue weighted by Gasteiger charge is 2.27. The maximum Gasteiger partial charge on any atom is 0.000966 e. The molecule has 90 valence electrons. The van der Waals surface area contributed by atoms with Crippen LogP contribution >= 0.6 is 0 Å². The first-order chi connectivity index (χ1) is 7.25. The summed E-state index contributed by atoms with van der Waals surface area (Å²) in [6, 6.07) is 0. The first kappa shape index (κ1) is 13.0. The van der Waals surface area contributed by atoms with E-state index in [0.29, 0.717) is 0 Å². The molecule has 0 unspecified atom stereocenters. The van der Waals surface area contributed by atoms with E-state index < -0.39 is 0 Å². The van der Waals surface area contributed by atoms with Gasteiger partial charge in [0.15, 0.2) is 0 Å². The van der Waals surface area contributed by atoms with E-state index in [-0.39, 0.29) is 0 Å². The van der Waals surface area contributed by atoms with Gasteiger partial charge in [0, 0.05) is 6.54 Å². The third kappa shape index (κ3) is 4.55. The summed E-state index contributed by atoms with van der Waals surface area (Å²) in [5.74, 6) is 2.99. The van der Waals surface area contributed by atoms with Crippen molar-refractivity contribution in [3.8, 4) is 0 Å². The fraction of sp³-hybridized carbons (Fsp3) is 1.00. The van der Waals surface area contributed by atoms with E-state index in [9.17, 15) is 0 Å². The van der Waals surface area contributed by atoms with Crippen LogP contribution in [0.1, 0.15) is 53.4 Å². The normalized spacial score (nSPS) is 23.8. The van der Waals surface area contributed by atoms with Gasteiger partial charge in [0.25, 0.3) is 0 Å². The molecule has 2 fully saturated rings. The Hall–Kier alpha value is -0.0400. The van der Waals surface area contributed by atoms with Crippen LogP contribution in [0.25, 0.3) is 0 Å². The number of hydrogen-bond acceptors (Lipinski definition) is 1. The highest BCUT2D eigenvalue weighted by atomic mass is 15.1. The Balaban J connectivity index is 0.000000531. The lowest BCUT2D eigenvalue weighted by Crippen LogP contribution is -2.36. The van der Waals surface area contributed by atoms with Gasteiger partial charge in [-0.2, -0.15) is 0 Å². The van der Waals surface area contributed by atoms with Crippen LogP contribution in [0.5, 0.6) is 0 Å². The summed E-state index contributed by atoms with van der Waals surface area (Å²) in [4.78, 5) is 2.69. The van der Waals surface area contributed by atoms with Crippen LogP contribution < -0.4 is 0 Å². The van der Waals surface area contributed by atoms with Crippen molar-refractivity contribution in [2.24, 2.45) is 17.8 Å². The van der Waals surface area contributed by atoms with Crippen LogP contribution in [0, 0.1) is 17.8 Å². The summed E-state index contributed by atoms with van der Waals surface area (Å²) in [7, 11) is 0. The summed E-state index contributed by atoms with van der Waals surface area (Å²) >= 11 is 0. The predicted octanol–water partition coefficient (Wildman–Crippen LogP) is 3.79. The fourth-order valence-corrected chi connectivity index (χ4v) is 2.47. The molecular weight excluding hydrogens is 182 g/mol. The molecule has 1 saturated carbocycles. The van der Waals surface area contributed by atoms with E-state index in [0.717, 1.165) is 17.8 Å². The molecule has 1 heteroatoms. The van der Waals surface area contributed by atoms with Gasteiger partial charge in [0.1, 0.15) is 0 Å². The van der Waals surface area contributed by atoms with Crippen LogP contribution in [0.15, 0.2) is 0 Å². The lowest BCUT2D eigenvalue weighted by molar-refractivity contribution is 0.153. The van der Waals surface area contributed by atoms with Crippen LogP contribution in [-0.4, -0.2) is 24.5 Å². The van der Waals surface area contributed by atoms with Crippen molar-refractivity contribution in [2.75, 3.05) is 19.6 Å². The molecule has 1 aliphatic carbocycles. The molecule has 0 N–H and O–H groups in total. The predicted molar refractivity (Wildman–Crippen MR) is 68.1 cm³/mol. The van der Waals surface area contributed by atoms with Crippen molar-refractivity contribution >= 4 is 0 Å². The Morgan fingerprint density at radius 3 is 1.93 bits per heavy atom. The largest absolute Gasteiger partial charge is 0.303 e. The first-order valence-corrected chi connectivity index (χ1v) is 6.98. The van der Waals surface area contributed by atoms with Crippen molar-refractivity contribution < 1.29 is 0 Å². The van der Waals surface area contributed by atoms with Gasteiger partial charge in [0.05, 0.1) is 0 Å². The van der Waals surface area contributed by atoms with E-state index >= 15 is 0 Å². The number of piperidine rings is 1. The van der Waals surface area contributed by atoms with E-state index in [2.05, 4.69) is 18.7 Å². The zero-order chi connectivity index (χ0) is 11.3. The molecule has 15 heavy (non-hydrogen) atoms. The molecule has 2 rings (SSSR count). The lowest BCUT2D eigenvalue weighted by atomic mass is 9.87. The molecule has 1 heterocycles. The van der Waals surface area contributed by atoms with Crippen molar-refractivity contribution in [3.05, 3.63) is 0 Å². The Kier molecular flexibility index (Phi) is 5.66. The van der Waals surface area contributed by atoms with E-state index in [1.165, 1.54) is 45.3 Å². The van der Waals surface area contributed by atoms with Crippen molar-refractivity contribution in [1.82, 2.24) is 4.90 Å². The zero-order valence-electron chi connectivity index (χ0n) is 11.1. The maximum atomic E-state index is 2.69. The van der Waals surface area contributed by atoms with Crippen LogP contribution in [0.2, 0.25) is 0 Å². The van der Waals surface area contributed by atoms with Gasteiger partial charge in [-0.25, -0.2) is 0 Å². The summed E-state index contributed by atoms with van der Waals surface area (Å²) in [5.41, 5.74) is 0. The molecule has 0 atom stereocenters. The highest BCUT2D eigenvalue weighted by Crippen LogP contribution is 2.32. The third-order valence-electron chi connectivity index (χ3n) is 3.79. The molecule has 0 bridgehead atoms. The summed E-state index contributed by atoms with van der Waals surface area (Å²) in [6.07, 6.45) is 5.91. The second kappa shape index (κ2) is 6.52. The van der Waals surface area contributed by atoms with Gasteiger partial charge in [-0.15, -0.1) is 0 Å². The molecule has 0 aromatic carbocycles. The van der Waals surface area contributed by atoms with Gasteiger partial charge >= 0.3 is 0 Å². The summed E-state index contributed by atoms with van der Waals surface area (Å²) in [5, 5.41) is 0. The topological polar surface area (TPSA) is 3.24 Å². The number of rotatable bonds is 3. The second-order valence-corrected chi connectivity index (χ2v) is 5.33. The molecule has 0 amide bonds. The first-order valence-electron chi connectivity index (χ1n) is 6.98. The summed E-state index contributed by atoms with van der Waals surface area (Å²) < 4.78 is 0. The smallest absolute Gasteiger partial charge is 0.000966 e. The van der Waals surface area contributed by atoms with Crippen LogP contribution in [-0.2, 0) is 0 Å². The fourth-order valence-electron chi connectivity index (χ4n) is 2.47. The molecule has 0 aromatic rings. The van der Waals surface area contributed by atoms with Crippen molar-refractivity contribution in [2.45, 2.75) is 53.4 Å². The van der Waals surface area contributed by atoms with E-state index in [1.807, 2.05) is 13.8 Å². The number of hydrogen-bond donors (Lipinski definition) is 0. The molecular formula is C14H29N. The minimum absolute atomic E-state index is 0.906. The minimum Gasteiger partial charge on any atom is -0.303 e. The van der Waals surface area contributed by atoms with Crippen LogP contribution in [0.4, 0.5) is 0 Å². The Labute approximate surface area is 96.2 Å². The SMILES string of the molecule is CC.CC(C)C1CCN(CC2CC2)CC1. The van der Waals surface area contributed by atoms with Gasteiger partial charge in [-0.05, 0) is 56.5 Å². The third-order valence-corrected chi connectivity index (χ3v) is 3.79. The van der Waals surface area contributed by atoms with Gasteiger partial charge < -0.3 is 4.90 Å². The quantitative estimate of drug-likeness (QED) is 0.686. The molecule has 1 aliphatic heterocycles. The molecule has 0 radical (unpaired) electrons.